The van der Waals surface area contributed by atoms with E-state index < -0.39 is 20.5 Å². The van der Waals surface area contributed by atoms with Crippen molar-refractivity contribution in [1.29, 1.82) is 0 Å². The first-order valence-corrected chi connectivity index (χ1v) is 7.14. The second kappa shape index (κ2) is 4.81. The van der Waals surface area contributed by atoms with Crippen LogP contribution in [0.1, 0.15) is 20.8 Å². The zero-order valence-corrected chi connectivity index (χ0v) is 9.57. The Morgan fingerprint density at radius 2 is 1.50 bits per heavy atom. The highest BCUT2D eigenvalue weighted by molar-refractivity contribution is 6.75. The van der Waals surface area contributed by atoms with Gasteiger partial charge in [-0.2, -0.15) is 13.2 Å². The number of hydrogen-bond donors (Lipinski definition) is 0. The van der Waals surface area contributed by atoms with E-state index in [1.54, 1.807) is 20.8 Å². The largest absolute Gasteiger partial charge is 0.513 e. The Hall–Kier alpha value is -0.523. The molecule has 0 aromatic rings. The van der Waals surface area contributed by atoms with Crippen LogP contribution in [-0.4, -0.2) is 20.5 Å². The molecule has 0 N–H and O–H groups in total. The van der Waals surface area contributed by atoms with Crippen LogP contribution in [0.3, 0.4) is 0 Å². The van der Waals surface area contributed by atoms with Crippen molar-refractivity contribution in [2.45, 2.75) is 45.1 Å². The molecule has 84 valence electrons. The fraction of sp³-hybridized carbons (Fsp3) is 0.875. The van der Waals surface area contributed by atoms with E-state index in [1.807, 2.05) is 0 Å². The number of carbonyl (C=O) groups excluding carboxylic acids is 1. The minimum atomic E-state index is -4.86. The van der Waals surface area contributed by atoms with Crippen molar-refractivity contribution in [3.63, 3.8) is 0 Å². The monoisotopic (exact) mass is 228 g/mol. The Morgan fingerprint density at radius 3 is 1.71 bits per heavy atom. The Bertz CT molecular complexity index is 191. The molecule has 0 heterocycles. The predicted molar refractivity (Wildman–Crippen MR) is 49.3 cm³/mol. The molecule has 14 heavy (non-hydrogen) atoms. The van der Waals surface area contributed by atoms with Gasteiger partial charge in [-0.3, -0.25) is 0 Å². The molecule has 0 fully saturated rings. The van der Waals surface area contributed by atoms with E-state index in [0.29, 0.717) is 18.1 Å². The molecule has 0 spiro atoms. The first-order valence-electron chi connectivity index (χ1n) is 4.61. The topological polar surface area (TPSA) is 26.3 Å². The third-order valence-corrected chi connectivity index (χ3v) is 6.96. The third-order valence-electron chi connectivity index (χ3n) is 2.47. The second-order valence-corrected chi connectivity index (χ2v) is 7.82. The molecule has 6 heteroatoms. The maximum absolute atomic E-state index is 11.9. The summed E-state index contributed by atoms with van der Waals surface area (Å²) in [5.41, 5.74) is 0. The lowest BCUT2D eigenvalue weighted by Gasteiger charge is -2.27. The predicted octanol–water partition coefficient (Wildman–Crippen LogP) is 3.10. The van der Waals surface area contributed by atoms with Gasteiger partial charge in [-0.05, 0) is 18.1 Å². The van der Waals surface area contributed by atoms with Crippen molar-refractivity contribution in [1.82, 2.24) is 0 Å². The number of hydrogen-bond acceptors (Lipinski definition) is 2. The minimum absolute atomic E-state index is 0.530. The van der Waals surface area contributed by atoms with Gasteiger partial charge in [0.1, 0.15) is 0 Å². The summed E-state index contributed by atoms with van der Waals surface area (Å²) >= 11 is 0. The molecule has 0 unspecified atom stereocenters. The van der Waals surface area contributed by atoms with Gasteiger partial charge >= 0.3 is 12.1 Å². The van der Waals surface area contributed by atoms with E-state index in [0.717, 1.165) is 0 Å². The van der Waals surface area contributed by atoms with Crippen molar-refractivity contribution >= 4 is 14.3 Å². The average molecular weight is 228 g/mol. The van der Waals surface area contributed by atoms with E-state index in [1.165, 1.54) is 0 Å². The molecule has 0 aliphatic carbocycles. The van der Waals surface area contributed by atoms with E-state index >= 15 is 0 Å². The van der Waals surface area contributed by atoms with Crippen LogP contribution >= 0.6 is 0 Å². The highest BCUT2D eigenvalue weighted by atomic mass is 28.4. The van der Waals surface area contributed by atoms with Crippen molar-refractivity contribution < 1.29 is 22.4 Å². The number of alkyl halides is 3. The van der Waals surface area contributed by atoms with Crippen LogP contribution in [0.2, 0.25) is 18.1 Å². The van der Waals surface area contributed by atoms with Gasteiger partial charge in [0.25, 0.3) is 8.32 Å². The molecule has 0 aromatic carbocycles. The molecule has 0 radical (unpaired) electrons. The summed E-state index contributed by atoms with van der Waals surface area (Å²) < 4.78 is 40.4. The summed E-state index contributed by atoms with van der Waals surface area (Å²) in [5, 5.41) is 0. The smallest absolute Gasteiger partial charge is 0.489 e. The summed E-state index contributed by atoms with van der Waals surface area (Å²) in [6.45, 7) is 5.30. The van der Waals surface area contributed by atoms with Crippen LogP contribution in [0.4, 0.5) is 13.2 Å². The van der Waals surface area contributed by atoms with Gasteiger partial charge in [0, 0.05) is 0 Å². The van der Waals surface area contributed by atoms with Crippen LogP contribution in [-0.2, 0) is 9.22 Å². The Balaban J connectivity index is 4.54. The van der Waals surface area contributed by atoms with E-state index in [-0.39, 0.29) is 0 Å². The van der Waals surface area contributed by atoms with Crippen LogP contribution in [0.15, 0.2) is 0 Å². The Kier molecular flexibility index (Phi) is 4.63. The van der Waals surface area contributed by atoms with Crippen LogP contribution in [0.5, 0.6) is 0 Å². The lowest BCUT2D eigenvalue weighted by molar-refractivity contribution is -0.190. The second-order valence-electron chi connectivity index (χ2n) is 3.13. The molecule has 0 saturated carbocycles. The standard InChI is InChI=1S/C8H15F3O2Si/c1-4-14(5-2,6-3)13-7(12)8(9,10)11/h4-6H2,1-3H3. The number of rotatable bonds is 4. The molecular formula is C8H15F3O2Si. The molecule has 0 aromatic heterocycles. The molecule has 0 amide bonds. The third kappa shape index (κ3) is 3.32. The average Bonchev–Trinajstić information content (AvgIpc) is 2.12. The summed E-state index contributed by atoms with van der Waals surface area (Å²) in [5.74, 6) is -2.03. The number of carbonyl (C=O) groups is 1. The van der Waals surface area contributed by atoms with Crippen LogP contribution in [0, 0.1) is 0 Å². The van der Waals surface area contributed by atoms with Gasteiger partial charge in [-0.15, -0.1) is 0 Å². The van der Waals surface area contributed by atoms with Crippen molar-refractivity contribution in [2.24, 2.45) is 0 Å². The number of halogens is 3. The van der Waals surface area contributed by atoms with Crippen LogP contribution < -0.4 is 0 Å². The van der Waals surface area contributed by atoms with Crippen molar-refractivity contribution in [3.05, 3.63) is 0 Å². The molecule has 0 rings (SSSR count). The van der Waals surface area contributed by atoms with Gasteiger partial charge in [-0.25, -0.2) is 4.79 Å². The fourth-order valence-corrected chi connectivity index (χ4v) is 3.66. The lowest BCUT2D eigenvalue weighted by atomic mass is 10.7. The summed E-state index contributed by atoms with van der Waals surface area (Å²) in [4.78, 5) is 10.6. The highest BCUT2D eigenvalue weighted by Crippen LogP contribution is 2.26. The van der Waals surface area contributed by atoms with E-state index in [4.69, 9.17) is 0 Å². The van der Waals surface area contributed by atoms with Crippen LogP contribution in [0.25, 0.3) is 0 Å². The normalized spacial score (nSPS) is 12.7. The quantitative estimate of drug-likeness (QED) is 0.691. The minimum Gasteiger partial charge on any atom is -0.513 e. The SMILES string of the molecule is CC[Si](CC)(CC)OC(=O)C(F)(F)F. The van der Waals surface area contributed by atoms with Crippen molar-refractivity contribution in [3.8, 4) is 0 Å². The molecule has 0 aliphatic rings. The van der Waals surface area contributed by atoms with Gasteiger partial charge in [0.2, 0.25) is 0 Å². The summed E-state index contributed by atoms with van der Waals surface area (Å²) in [7, 11) is -2.46. The molecule has 0 aliphatic heterocycles. The van der Waals surface area contributed by atoms with Gasteiger partial charge in [0.15, 0.2) is 0 Å². The molecular weight excluding hydrogens is 213 g/mol. The van der Waals surface area contributed by atoms with Gasteiger partial charge in [-0.1, -0.05) is 20.8 Å². The van der Waals surface area contributed by atoms with Crippen molar-refractivity contribution in [2.75, 3.05) is 0 Å². The maximum atomic E-state index is 11.9. The zero-order chi connectivity index (χ0) is 11.4. The fourth-order valence-electron chi connectivity index (χ4n) is 1.22. The van der Waals surface area contributed by atoms with E-state index in [9.17, 15) is 18.0 Å². The van der Waals surface area contributed by atoms with Gasteiger partial charge < -0.3 is 4.43 Å². The van der Waals surface area contributed by atoms with Gasteiger partial charge in [0.05, 0.1) is 0 Å². The zero-order valence-electron chi connectivity index (χ0n) is 8.57. The summed E-state index contributed by atoms with van der Waals surface area (Å²) in [6.07, 6.45) is -4.86. The molecule has 0 atom stereocenters. The molecule has 2 nitrogen and oxygen atoms in total. The molecule has 0 bridgehead atoms. The first-order chi connectivity index (χ1) is 6.31. The molecule has 0 saturated heterocycles. The van der Waals surface area contributed by atoms with E-state index in [2.05, 4.69) is 4.43 Å². The highest BCUT2D eigenvalue weighted by Gasteiger charge is 2.45. The Morgan fingerprint density at radius 1 is 1.14 bits per heavy atom. The summed E-state index contributed by atoms with van der Waals surface area (Å²) in [6, 6.07) is 1.59. The maximum Gasteiger partial charge on any atom is 0.489 e. The lowest BCUT2D eigenvalue weighted by Crippen LogP contribution is -2.42. The Labute approximate surface area is 82.6 Å². The first kappa shape index (κ1) is 13.5.